The molecule has 3 rings (SSSR count). The molecule has 1 amide bonds. The molecule has 1 N–H and O–H groups in total. The Morgan fingerprint density at radius 2 is 1.82 bits per heavy atom. The summed E-state index contributed by atoms with van der Waals surface area (Å²) in [5.41, 5.74) is -0.890. The highest BCUT2D eigenvalue weighted by Crippen LogP contribution is 2.32. The maximum atomic E-state index is 15.2. The summed E-state index contributed by atoms with van der Waals surface area (Å²) in [4.78, 5) is 14.2. The monoisotopic (exact) mass is 391 g/mol. The average molecular weight is 391 g/mol. The molecule has 0 bridgehead atoms. The lowest BCUT2D eigenvalue weighted by Gasteiger charge is -2.32. The molecular formula is C22H24F3NO2. The second-order valence-corrected chi connectivity index (χ2v) is 8.03. The molecule has 1 aliphatic rings. The number of halogens is 3. The van der Waals surface area contributed by atoms with Crippen molar-refractivity contribution in [3.8, 4) is 11.1 Å². The van der Waals surface area contributed by atoms with E-state index in [0.29, 0.717) is 12.1 Å². The molecule has 150 valence electrons. The van der Waals surface area contributed by atoms with Gasteiger partial charge in [0.1, 0.15) is 23.1 Å². The molecule has 0 aromatic heterocycles. The molecule has 1 heterocycles. The summed E-state index contributed by atoms with van der Waals surface area (Å²) in [6, 6.07) is 7.40. The van der Waals surface area contributed by atoms with Crippen LogP contribution in [0.4, 0.5) is 13.2 Å². The predicted octanol–water partition coefficient (Wildman–Crippen LogP) is 4.32. The number of carbonyl (C=O) groups is 1. The molecular weight excluding hydrogens is 367 g/mol. The molecule has 2 aromatic rings. The molecule has 1 saturated heterocycles. The van der Waals surface area contributed by atoms with Crippen LogP contribution in [0.15, 0.2) is 36.4 Å². The summed E-state index contributed by atoms with van der Waals surface area (Å²) >= 11 is 0. The lowest BCUT2D eigenvalue weighted by atomic mass is 9.92. The van der Waals surface area contributed by atoms with Crippen molar-refractivity contribution in [1.29, 1.82) is 0 Å². The van der Waals surface area contributed by atoms with Gasteiger partial charge in [0.2, 0.25) is 0 Å². The van der Waals surface area contributed by atoms with Gasteiger partial charge in [-0.25, -0.2) is 13.2 Å². The van der Waals surface area contributed by atoms with Gasteiger partial charge in [0.15, 0.2) is 0 Å². The van der Waals surface area contributed by atoms with Gasteiger partial charge >= 0.3 is 0 Å². The Morgan fingerprint density at radius 1 is 1.18 bits per heavy atom. The van der Waals surface area contributed by atoms with E-state index in [1.54, 1.807) is 17.0 Å². The predicted molar refractivity (Wildman–Crippen MR) is 101 cm³/mol. The highest BCUT2D eigenvalue weighted by molar-refractivity contribution is 5.84. The van der Waals surface area contributed by atoms with Crippen LogP contribution in [0.3, 0.4) is 0 Å². The van der Waals surface area contributed by atoms with E-state index in [4.69, 9.17) is 0 Å². The van der Waals surface area contributed by atoms with E-state index in [9.17, 15) is 18.7 Å². The first-order valence-electron chi connectivity index (χ1n) is 9.35. The van der Waals surface area contributed by atoms with E-state index < -0.39 is 23.1 Å². The van der Waals surface area contributed by atoms with Crippen molar-refractivity contribution in [3.63, 3.8) is 0 Å². The molecule has 2 atom stereocenters. The van der Waals surface area contributed by atoms with Crippen molar-refractivity contribution < 1.29 is 23.1 Å². The fraction of sp³-hybridized carbons (Fsp3) is 0.409. The fourth-order valence-corrected chi connectivity index (χ4v) is 3.82. The quantitative estimate of drug-likeness (QED) is 0.843. The summed E-state index contributed by atoms with van der Waals surface area (Å²) in [7, 11) is 0. The van der Waals surface area contributed by atoms with Crippen molar-refractivity contribution in [3.05, 3.63) is 59.4 Å². The molecule has 1 fully saturated rings. The number of benzene rings is 2. The number of likely N-dealkylation sites (tertiary alicyclic amines) is 1. The summed E-state index contributed by atoms with van der Waals surface area (Å²) < 4.78 is 42.3. The van der Waals surface area contributed by atoms with Gasteiger partial charge < -0.3 is 10.0 Å². The third-order valence-corrected chi connectivity index (χ3v) is 5.35. The number of hydrogen-bond acceptors (Lipinski definition) is 2. The van der Waals surface area contributed by atoms with Crippen LogP contribution in [-0.2, 0) is 11.2 Å². The van der Waals surface area contributed by atoms with Gasteiger partial charge in [-0.2, -0.15) is 0 Å². The lowest BCUT2D eigenvalue weighted by Crippen LogP contribution is -2.48. The third kappa shape index (κ3) is 4.07. The zero-order valence-electron chi connectivity index (χ0n) is 16.2. The highest BCUT2D eigenvalue weighted by atomic mass is 19.1. The minimum atomic E-state index is -1.50. The van der Waals surface area contributed by atoms with Gasteiger partial charge in [0, 0.05) is 24.2 Å². The molecule has 0 spiro atoms. The van der Waals surface area contributed by atoms with Gasteiger partial charge in [-0.05, 0) is 55.9 Å². The van der Waals surface area contributed by atoms with Gasteiger partial charge in [-0.3, -0.25) is 4.79 Å². The lowest BCUT2D eigenvalue weighted by molar-refractivity contribution is -0.149. The van der Waals surface area contributed by atoms with Crippen molar-refractivity contribution in [2.24, 2.45) is 5.92 Å². The number of carbonyl (C=O) groups excluding carboxylic acids is 1. The molecule has 0 saturated carbocycles. The minimum Gasteiger partial charge on any atom is -0.381 e. The van der Waals surface area contributed by atoms with E-state index in [1.165, 1.54) is 19.9 Å². The topological polar surface area (TPSA) is 40.5 Å². The Hall–Kier alpha value is -2.34. The van der Waals surface area contributed by atoms with Crippen LogP contribution in [0.2, 0.25) is 0 Å². The first-order chi connectivity index (χ1) is 13.1. The average Bonchev–Trinajstić information content (AvgIpc) is 2.95. The Bertz CT molecular complexity index is 872. The van der Waals surface area contributed by atoms with Crippen molar-refractivity contribution in [2.45, 2.75) is 45.3 Å². The van der Waals surface area contributed by atoms with Crippen LogP contribution in [0, 0.1) is 23.4 Å². The Balaban J connectivity index is 1.93. The summed E-state index contributed by atoms with van der Waals surface area (Å²) in [6.45, 7) is 5.38. The second-order valence-electron chi connectivity index (χ2n) is 8.03. The van der Waals surface area contributed by atoms with Gasteiger partial charge in [0.25, 0.3) is 5.91 Å². The summed E-state index contributed by atoms with van der Waals surface area (Å²) in [6.07, 6.45) is 1.03. The smallest absolute Gasteiger partial charge is 0.254 e. The zero-order chi connectivity index (χ0) is 20.6. The maximum Gasteiger partial charge on any atom is 0.254 e. The van der Waals surface area contributed by atoms with Crippen LogP contribution < -0.4 is 0 Å². The van der Waals surface area contributed by atoms with Gasteiger partial charge in [-0.15, -0.1) is 0 Å². The van der Waals surface area contributed by atoms with Crippen LogP contribution in [0.5, 0.6) is 0 Å². The van der Waals surface area contributed by atoms with E-state index in [2.05, 4.69) is 0 Å². The van der Waals surface area contributed by atoms with E-state index >= 15 is 4.39 Å². The summed E-state index contributed by atoms with van der Waals surface area (Å²) in [5.74, 6) is -2.34. The summed E-state index contributed by atoms with van der Waals surface area (Å²) in [5, 5.41) is 10.1. The number of amides is 1. The van der Waals surface area contributed by atoms with Crippen LogP contribution in [0.25, 0.3) is 11.1 Å². The Labute approximate surface area is 162 Å². The molecule has 1 aliphatic heterocycles. The third-order valence-electron chi connectivity index (χ3n) is 5.35. The fourth-order valence-electron chi connectivity index (χ4n) is 3.82. The molecule has 6 heteroatoms. The van der Waals surface area contributed by atoms with Crippen LogP contribution in [-0.4, -0.2) is 34.1 Å². The highest BCUT2D eigenvalue weighted by Gasteiger charge is 2.40. The van der Waals surface area contributed by atoms with Gasteiger partial charge in [0.05, 0.1) is 0 Å². The standard InChI is InChI=1S/C22H24F3NO2/c1-13-7-8-26(21(27)22(2,3)28)19(13)11-14-5-4-6-18(20(14)25)15-9-16(23)12-17(24)10-15/h4-6,9-10,12-13,19,28H,7-8,11H2,1-3H3. The normalized spacial score (nSPS) is 19.9. The maximum absolute atomic E-state index is 15.2. The zero-order valence-corrected chi connectivity index (χ0v) is 16.2. The molecule has 0 radical (unpaired) electrons. The molecule has 0 aliphatic carbocycles. The molecule has 3 nitrogen and oxygen atoms in total. The van der Waals surface area contributed by atoms with Crippen molar-refractivity contribution >= 4 is 5.91 Å². The second kappa shape index (κ2) is 7.59. The van der Waals surface area contributed by atoms with Crippen molar-refractivity contribution in [2.75, 3.05) is 6.54 Å². The largest absolute Gasteiger partial charge is 0.381 e. The number of rotatable bonds is 4. The Kier molecular flexibility index (Phi) is 5.53. The van der Waals surface area contributed by atoms with Crippen molar-refractivity contribution in [1.82, 2.24) is 4.90 Å². The number of aliphatic hydroxyl groups is 1. The first-order valence-corrected chi connectivity index (χ1v) is 9.35. The van der Waals surface area contributed by atoms with Crippen LogP contribution in [0.1, 0.15) is 32.8 Å². The van der Waals surface area contributed by atoms with Crippen LogP contribution >= 0.6 is 0 Å². The minimum absolute atomic E-state index is 0.113. The molecule has 28 heavy (non-hydrogen) atoms. The number of nitrogens with zero attached hydrogens (tertiary/aromatic N) is 1. The van der Waals surface area contributed by atoms with E-state index in [-0.39, 0.29) is 35.4 Å². The van der Waals surface area contributed by atoms with Gasteiger partial charge in [-0.1, -0.05) is 25.1 Å². The first kappa shape index (κ1) is 20.4. The SMILES string of the molecule is CC1CCN(C(=O)C(C)(C)O)C1Cc1cccc(-c2cc(F)cc(F)c2)c1F. The Morgan fingerprint density at radius 3 is 2.43 bits per heavy atom. The molecule has 2 aromatic carbocycles. The molecule has 2 unspecified atom stereocenters. The van der Waals surface area contributed by atoms with E-state index in [0.717, 1.165) is 24.6 Å². The number of hydrogen-bond donors (Lipinski definition) is 1. The van der Waals surface area contributed by atoms with E-state index in [1.807, 2.05) is 6.92 Å².